The molecule has 2 atom stereocenters. The number of aromatic nitrogens is 3. The summed E-state index contributed by atoms with van der Waals surface area (Å²) in [5, 5.41) is 10.4. The Labute approximate surface area is 132 Å². The molecule has 0 aliphatic carbocycles. The van der Waals surface area contributed by atoms with Gasteiger partial charge in [0, 0.05) is 6.61 Å². The molecule has 1 fully saturated rings. The average molecular weight is 322 g/mol. The maximum absolute atomic E-state index is 11.9. The Balaban J connectivity index is 1.46. The van der Waals surface area contributed by atoms with Crippen LogP contribution in [0.1, 0.15) is 43.5 Å². The van der Waals surface area contributed by atoms with Crippen LogP contribution in [0, 0.1) is 0 Å². The molecule has 0 saturated carbocycles. The summed E-state index contributed by atoms with van der Waals surface area (Å²) in [4.78, 5) is 16.3. The lowest BCUT2D eigenvalue weighted by atomic mass is 10.2. The van der Waals surface area contributed by atoms with Gasteiger partial charge in [0.2, 0.25) is 11.1 Å². The fraction of sp³-hybridized carbons (Fsp3) is 0.500. The fourth-order valence-corrected chi connectivity index (χ4v) is 2.90. The Hall–Kier alpha value is -1.80. The van der Waals surface area contributed by atoms with Crippen LogP contribution in [0.3, 0.4) is 0 Å². The van der Waals surface area contributed by atoms with Gasteiger partial charge in [0.1, 0.15) is 11.9 Å². The summed E-state index contributed by atoms with van der Waals surface area (Å²) < 4.78 is 10.8. The monoisotopic (exact) mass is 322 g/mol. The second-order valence-electron chi connectivity index (χ2n) is 5.10. The minimum Gasteiger partial charge on any atom is -0.467 e. The summed E-state index contributed by atoms with van der Waals surface area (Å²) in [6.45, 7) is 2.64. The molecule has 1 amide bonds. The molecule has 0 spiro atoms. The predicted octanol–water partition coefficient (Wildman–Crippen LogP) is 2.22. The quantitative estimate of drug-likeness (QED) is 0.792. The van der Waals surface area contributed by atoms with Crippen molar-refractivity contribution >= 4 is 17.7 Å². The molecule has 3 heterocycles. The molecular formula is C14H18N4O3S. The van der Waals surface area contributed by atoms with Crippen LogP contribution in [0.5, 0.6) is 0 Å². The first-order valence-electron chi connectivity index (χ1n) is 7.22. The molecule has 118 valence electrons. The number of hydrogen-bond donors (Lipinski definition) is 2. The largest absolute Gasteiger partial charge is 0.467 e. The first kappa shape index (κ1) is 15.1. The molecule has 1 aliphatic rings. The van der Waals surface area contributed by atoms with Crippen LogP contribution >= 0.6 is 11.8 Å². The van der Waals surface area contributed by atoms with E-state index in [4.69, 9.17) is 9.15 Å². The first-order chi connectivity index (χ1) is 10.7. The van der Waals surface area contributed by atoms with Crippen LogP contribution in [-0.4, -0.2) is 33.4 Å². The lowest BCUT2D eigenvalue weighted by molar-refractivity contribution is -0.119. The molecule has 0 aromatic carbocycles. The second kappa shape index (κ2) is 6.97. The highest BCUT2D eigenvalue weighted by molar-refractivity contribution is 7.99. The van der Waals surface area contributed by atoms with Gasteiger partial charge in [0.25, 0.3) is 0 Å². The smallest absolute Gasteiger partial charge is 0.231 e. The van der Waals surface area contributed by atoms with Gasteiger partial charge in [-0.05, 0) is 31.9 Å². The molecule has 1 saturated heterocycles. The summed E-state index contributed by atoms with van der Waals surface area (Å²) in [5.41, 5.74) is 0. The number of thioether (sulfide) groups is 1. The van der Waals surface area contributed by atoms with Gasteiger partial charge < -0.3 is 14.5 Å². The predicted molar refractivity (Wildman–Crippen MR) is 80.3 cm³/mol. The van der Waals surface area contributed by atoms with Gasteiger partial charge in [0.05, 0.1) is 18.1 Å². The third-order valence-corrected chi connectivity index (χ3v) is 4.24. The van der Waals surface area contributed by atoms with Gasteiger partial charge in [0.15, 0.2) is 5.82 Å². The SMILES string of the molecule is C[C@H](NC(=O)CSc1n[nH]c([C@H]2CCCO2)n1)c1ccco1. The van der Waals surface area contributed by atoms with E-state index in [-0.39, 0.29) is 23.8 Å². The van der Waals surface area contributed by atoms with E-state index >= 15 is 0 Å². The van der Waals surface area contributed by atoms with Crippen LogP contribution < -0.4 is 5.32 Å². The van der Waals surface area contributed by atoms with E-state index in [9.17, 15) is 4.79 Å². The minimum atomic E-state index is -0.155. The third-order valence-electron chi connectivity index (χ3n) is 3.40. The van der Waals surface area contributed by atoms with E-state index in [1.165, 1.54) is 11.8 Å². The maximum Gasteiger partial charge on any atom is 0.231 e. The summed E-state index contributed by atoms with van der Waals surface area (Å²) in [6.07, 6.45) is 3.60. The lowest BCUT2D eigenvalue weighted by Crippen LogP contribution is -2.27. The van der Waals surface area contributed by atoms with E-state index in [1.54, 1.807) is 12.3 Å². The molecule has 0 radical (unpaired) electrons. The molecule has 2 aromatic heterocycles. The number of ether oxygens (including phenoxy) is 1. The van der Waals surface area contributed by atoms with E-state index < -0.39 is 0 Å². The number of amides is 1. The number of carbonyl (C=O) groups is 1. The van der Waals surface area contributed by atoms with Crippen molar-refractivity contribution in [2.45, 2.75) is 37.1 Å². The van der Waals surface area contributed by atoms with Crippen molar-refractivity contribution in [2.75, 3.05) is 12.4 Å². The lowest BCUT2D eigenvalue weighted by Gasteiger charge is -2.10. The highest BCUT2D eigenvalue weighted by Crippen LogP contribution is 2.26. The molecule has 2 aromatic rings. The van der Waals surface area contributed by atoms with E-state index in [0.717, 1.165) is 31.0 Å². The molecule has 8 heteroatoms. The van der Waals surface area contributed by atoms with Crippen molar-refractivity contribution in [2.24, 2.45) is 0 Å². The molecular weight excluding hydrogens is 304 g/mol. The van der Waals surface area contributed by atoms with Crippen molar-refractivity contribution in [3.05, 3.63) is 30.0 Å². The zero-order valence-electron chi connectivity index (χ0n) is 12.2. The summed E-state index contributed by atoms with van der Waals surface area (Å²) in [6, 6.07) is 3.48. The van der Waals surface area contributed by atoms with Gasteiger partial charge >= 0.3 is 0 Å². The maximum atomic E-state index is 11.9. The molecule has 2 N–H and O–H groups in total. The first-order valence-corrected chi connectivity index (χ1v) is 8.20. The van der Waals surface area contributed by atoms with E-state index in [0.29, 0.717) is 5.16 Å². The van der Waals surface area contributed by atoms with Crippen LogP contribution in [0.15, 0.2) is 28.0 Å². The average Bonchev–Trinajstić information content (AvgIpc) is 3.25. The highest BCUT2D eigenvalue weighted by atomic mass is 32.2. The third kappa shape index (κ3) is 3.69. The number of carbonyl (C=O) groups excluding carboxylic acids is 1. The molecule has 3 rings (SSSR count). The Morgan fingerprint density at radius 2 is 2.55 bits per heavy atom. The molecule has 0 bridgehead atoms. The van der Waals surface area contributed by atoms with Crippen LogP contribution in [0.25, 0.3) is 0 Å². The summed E-state index contributed by atoms with van der Waals surface area (Å²) >= 11 is 1.30. The number of H-pyrrole nitrogens is 1. The fourth-order valence-electron chi connectivity index (χ4n) is 2.28. The topological polar surface area (TPSA) is 93.0 Å². The zero-order valence-corrected chi connectivity index (χ0v) is 13.1. The van der Waals surface area contributed by atoms with Crippen LogP contribution in [0.2, 0.25) is 0 Å². The molecule has 22 heavy (non-hydrogen) atoms. The summed E-state index contributed by atoms with van der Waals surface area (Å²) in [7, 11) is 0. The van der Waals surface area contributed by atoms with Gasteiger partial charge in [-0.3, -0.25) is 9.89 Å². The van der Waals surface area contributed by atoms with E-state index in [1.807, 2.05) is 13.0 Å². The Kier molecular flexibility index (Phi) is 4.79. The number of aromatic amines is 1. The van der Waals surface area contributed by atoms with Crippen molar-refractivity contribution in [1.29, 1.82) is 0 Å². The van der Waals surface area contributed by atoms with Crippen LogP contribution in [-0.2, 0) is 9.53 Å². The Morgan fingerprint density at radius 1 is 1.64 bits per heavy atom. The minimum absolute atomic E-state index is 0.00894. The van der Waals surface area contributed by atoms with Crippen molar-refractivity contribution in [1.82, 2.24) is 20.5 Å². The van der Waals surface area contributed by atoms with Crippen molar-refractivity contribution in [3.8, 4) is 0 Å². The van der Waals surface area contributed by atoms with Crippen molar-refractivity contribution in [3.63, 3.8) is 0 Å². The summed E-state index contributed by atoms with van der Waals surface area (Å²) in [5.74, 6) is 1.65. The number of furan rings is 1. The number of rotatable bonds is 6. The second-order valence-corrected chi connectivity index (χ2v) is 6.04. The number of nitrogens with zero attached hydrogens (tertiary/aromatic N) is 2. The standard InChI is InChI=1S/C14H18N4O3S/c1-9(10-4-2-6-20-10)15-12(19)8-22-14-16-13(17-18-14)11-5-3-7-21-11/h2,4,6,9,11H,3,5,7-8H2,1H3,(H,15,19)(H,16,17,18)/t9-,11+/m0/s1. The Morgan fingerprint density at radius 3 is 3.27 bits per heavy atom. The van der Waals surface area contributed by atoms with Gasteiger partial charge in [-0.25, -0.2) is 4.98 Å². The van der Waals surface area contributed by atoms with Gasteiger partial charge in [-0.1, -0.05) is 11.8 Å². The molecule has 1 aliphatic heterocycles. The number of hydrogen-bond acceptors (Lipinski definition) is 6. The van der Waals surface area contributed by atoms with Crippen LogP contribution in [0.4, 0.5) is 0 Å². The zero-order chi connectivity index (χ0) is 15.4. The van der Waals surface area contributed by atoms with Crippen molar-refractivity contribution < 1.29 is 13.9 Å². The Bertz CT molecular complexity index is 607. The highest BCUT2D eigenvalue weighted by Gasteiger charge is 2.21. The normalized spacial score (nSPS) is 19.2. The van der Waals surface area contributed by atoms with Gasteiger partial charge in [-0.15, -0.1) is 5.10 Å². The van der Waals surface area contributed by atoms with E-state index in [2.05, 4.69) is 20.5 Å². The molecule has 0 unspecified atom stereocenters. The molecule has 7 nitrogen and oxygen atoms in total. The number of nitrogens with one attached hydrogen (secondary N) is 2. The van der Waals surface area contributed by atoms with Gasteiger partial charge in [-0.2, -0.15) is 0 Å².